The number of ketones is 1. The van der Waals surface area contributed by atoms with Crippen LogP contribution >= 0.6 is 0 Å². The molecule has 5 nitrogen and oxygen atoms in total. The minimum Gasteiger partial charge on any atom is -0.414 e. The molecular formula is C15H17FO5S. The third-order valence-corrected chi connectivity index (χ3v) is 5.72. The molecule has 0 radical (unpaired) electrons. The summed E-state index contributed by atoms with van der Waals surface area (Å²) in [5.74, 6) is -2.46. The van der Waals surface area contributed by atoms with Crippen molar-refractivity contribution in [2.75, 3.05) is 0 Å². The first kappa shape index (κ1) is 16.6. The summed E-state index contributed by atoms with van der Waals surface area (Å²) in [5, 5.41) is -3.23. The smallest absolute Gasteiger partial charge is 0.359 e. The van der Waals surface area contributed by atoms with Crippen molar-refractivity contribution in [3.8, 4) is 0 Å². The van der Waals surface area contributed by atoms with Gasteiger partial charge in [0, 0.05) is 19.8 Å². The van der Waals surface area contributed by atoms with Crippen LogP contribution in [-0.2, 0) is 24.2 Å². The molecule has 0 unspecified atom stereocenters. The largest absolute Gasteiger partial charge is 0.414 e. The predicted molar refractivity (Wildman–Crippen MR) is 76.2 cm³/mol. The second-order valence-electron chi connectivity index (χ2n) is 5.32. The average Bonchev–Trinajstić information content (AvgIpc) is 2.47. The average molecular weight is 328 g/mol. The highest BCUT2D eigenvalue weighted by molar-refractivity contribution is 7.92. The molecule has 1 aliphatic rings. The summed E-state index contributed by atoms with van der Waals surface area (Å²) in [4.78, 5) is 22.5. The Morgan fingerprint density at radius 2 is 1.95 bits per heavy atom. The van der Waals surface area contributed by atoms with Crippen molar-refractivity contribution in [3.63, 3.8) is 0 Å². The standard InChI is InChI=1S/C15H17FO5S/c1-11(17)21-15(16,12-6-5-7-13(18)10-12)22(19,20)14-8-3-2-4-9-14/h2-4,8-9,12H,5-7,10H2,1H3/t12-,15+/m0/s1. The number of rotatable bonds is 4. The maximum Gasteiger partial charge on any atom is 0.359 e. The van der Waals surface area contributed by atoms with Crippen LogP contribution in [0.5, 0.6) is 0 Å². The number of esters is 1. The Kier molecular flexibility index (Phi) is 4.65. The number of halogens is 1. The Labute approximate surface area is 128 Å². The SMILES string of the molecule is CC(=O)O[C@](F)([C@H]1CCCC(=O)C1)S(=O)(=O)c1ccccc1. The van der Waals surface area contributed by atoms with Crippen LogP contribution in [0.2, 0.25) is 0 Å². The highest BCUT2D eigenvalue weighted by Crippen LogP contribution is 2.42. The maximum atomic E-state index is 15.4. The van der Waals surface area contributed by atoms with Gasteiger partial charge in [0.15, 0.2) is 0 Å². The Balaban J connectivity index is 2.49. The van der Waals surface area contributed by atoms with Crippen molar-refractivity contribution in [1.29, 1.82) is 0 Å². The maximum absolute atomic E-state index is 15.4. The number of sulfone groups is 1. The monoisotopic (exact) mass is 328 g/mol. The number of Topliss-reactive ketones (excluding diaryl/α,β-unsaturated/α-hetero) is 1. The molecule has 2 atom stereocenters. The van der Waals surface area contributed by atoms with Crippen molar-refractivity contribution in [2.45, 2.75) is 42.7 Å². The van der Waals surface area contributed by atoms with Crippen LogP contribution in [0.15, 0.2) is 35.2 Å². The molecule has 1 aromatic rings. The first-order valence-electron chi connectivity index (χ1n) is 6.97. The molecule has 1 fully saturated rings. The van der Waals surface area contributed by atoms with Gasteiger partial charge in [-0.1, -0.05) is 18.2 Å². The Bertz CT molecular complexity index is 670. The van der Waals surface area contributed by atoms with Gasteiger partial charge in [-0.15, -0.1) is 0 Å². The van der Waals surface area contributed by atoms with Crippen molar-refractivity contribution >= 4 is 21.6 Å². The Morgan fingerprint density at radius 3 is 2.50 bits per heavy atom. The molecule has 0 amide bonds. The van der Waals surface area contributed by atoms with Gasteiger partial charge in [0.25, 0.3) is 9.84 Å². The summed E-state index contributed by atoms with van der Waals surface area (Å²) in [5.41, 5.74) is 0. The van der Waals surface area contributed by atoms with E-state index in [1.54, 1.807) is 6.07 Å². The lowest BCUT2D eigenvalue weighted by Crippen LogP contribution is -2.47. The number of carbonyl (C=O) groups is 2. The lowest BCUT2D eigenvalue weighted by atomic mass is 9.88. The molecule has 22 heavy (non-hydrogen) atoms. The van der Waals surface area contributed by atoms with Gasteiger partial charge in [0.1, 0.15) is 5.78 Å². The fraction of sp³-hybridized carbons (Fsp3) is 0.467. The van der Waals surface area contributed by atoms with Crippen LogP contribution in [0, 0.1) is 5.92 Å². The summed E-state index contributed by atoms with van der Waals surface area (Å²) in [7, 11) is -4.58. The van der Waals surface area contributed by atoms with Gasteiger partial charge in [-0.2, -0.15) is 4.39 Å². The molecule has 1 aliphatic carbocycles. The predicted octanol–water partition coefficient (Wildman–Crippen LogP) is 2.41. The molecule has 120 valence electrons. The van der Waals surface area contributed by atoms with E-state index < -0.39 is 26.9 Å². The number of hydrogen-bond acceptors (Lipinski definition) is 5. The molecule has 7 heteroatoms. The molecule has 0 aromatic heterocycles. The minimum absolute atomic E-state index is 0.168. The lowest BCUT2D eigenvalue weighted by Gasteiger charge is -2.33. The van der Waals surface area contributed by atoms with Crippen LogP contribution in [0.3, 0.4) is 0 Å². The van der Waals surface area contributed by atoms with Crippen molar-refractivity contribution < 1.29 is 27.1 Å². The third kappa shape index (κ3) is 3.04. The number of alkyl halides is 1. The number of ether oxygens (including phenoxy) is 1. The van der Waals surface area contributed by atoms with Crippen LogP contribution in [0.4, 0.5) is 4.39 Å². The molecule has 2 rings (SSSR count). The van der Waals surface area contributed by atoms with Gasteiger partial charge in [0.05, 0.1) is 10.8 Å². The lowest BCUT2D eigenvalue weighted by molar-refractivity contribution is -0.173. The van der Waals surface area contributed by atoms with Gasteiger partial charge in [0.2, 0.25) is 0 Å². The van der Waals surface area contributed by atoms with E-state index >= 15 is 4.39 Å². The van der Waals surface area contributed by atoms with Gasteiger partial charge < -0.3 is 4.74 Å². The van der Waals surface area contributed by atoms with Crippen molar-refractivity contribution in [1.82, 2.24) is 0 Å². The van der Waals surface area contributed by atoms with E-state index in [9.17, 15) is 18.0 Å². The number of hydrogen-bond donors (Lipinski definition) is 0. The van der Waals surface area contributed by atoms with Gasteiger partial charge in [-0.25, -0.2) is 8.42 Å². The molecule has 0 bridgehead atoms. The van der Waals surface area contributed by atoms with Crippen molar-refractivity contribution in [2.24, 2.45) is 5.92 Å². The molecule has 0 N–H and O–H groups in total. The van der Waals surface area contributed by atoms with E-state index in [0.717, 1.165) is 6.92 Å². The normalized spacial score (nSPS) is 21.9. The zero-order valence-corrected chi connectivity index (χ0v) is 12.9. The van der Waals surface area contributed by atoms with Crippen molar-refractivity contribution in [3.05, 3.63) is 30.3 Å². The summed E-state index contributed by atoms with van der Waals surface area (Å²) in [6.07, 6.45) is 0.580. The van der Waals surface area contributed by atoms with Gasteiger partial charge in [-0.3, -0.25) is 9.59 Å². The van der Waals surface area contributed by atoms with E-state index in [4.69, 9.17) is 0 Å². The quantitative estimate of drug-likeness (QED) is 0.793. The van der Waals surface area contributed by atoms with E-state index in [-0.39, 0.29) is 29.9 Å². The summed E-state index contributed by atoms with van der Waals surface area (Å²) >= 11 is 0. The summed E-state index contributed by atoms with van der Waals surface area (Å²) < 4.78 is 45.2. The van der Waals surface area contributed by atoms with E-state index in [0.29, 0.717) is 6.42 Å². The zero-order valence-electron chi connectivity index (χ0n) is 12.1. The second kappa shape index (κ2) is 6.16. The Morgan fingerprint density at radius 1 is 1.32 bits per heavy atom. The summed E-state index contributed by atoms with van der Waals surface area (Å²) in [6.45, 7) is 0.944. The van der Waals surface area contributed by atoms with E-state index in [2.05, 4.69) is 4.74 Å². The fourth-order valence-corrected chi connectivity index (χ4v) is 4.34. The molecule has 1 saturated carbocycles. The second-order valence-corrected chi connectivity index (χ2v) is 7.36. The summed E-state index contributed by atoms with van der Waals surface area (Å²) in [6, 6.07) is 6.96. The Hall–Kier alpha value is -1.76. The number of carbonyl (C=O) groups excluding carboxylic acids is 2. The molecule has 1 aromatic carbocycles. The van der Waals surface area contributed by atoms with E-state index in [1.165, 1.54) is 24.3 Å². The first-order valence-corrected chi connectivity index (χ1v) is 8.45. The molecule has 0 heterocycles. The molecule has 0 spiro atoms. The first-order chi connectivity index (χ1) is 10.3. The highest BCUT2D eigenvalue weighted by Gasteiger charge is 2.56. The van der Waals surface area contributed by atoms with Gasteiger partial charge in [-0.05, 0) is 25.0 Å². The zero-order chi connectivity index (χ0) is 16.4. The van der Waals surface area contributed by atoms with E-state index in [1.807, 2.05) is 0 Å². The number of benzene rings is 1. The minimum atomic E-state index is -4.58. The van der Waals surface area contributed by atoms with Crippen LogP contribution in [0.1, 0.15) is 32.6 Å². The molecule has 0 aliphatic heterocycles. The van der Waals surface area contributed by atoms with Crippen LogP contribution in [-0.4, -0.2) is 25.4 Å². The topological polar surface area (TPSA) is 77.5 Å². The fourth-order valence-electron chi connectivity index (χ4n) is 2.63. The van der Waals surface area contributed by atoms with Gasteiger partial charge >= 0.3 is 11.2 Å². The molecule has 0 saturated heterocycles. The highest BCUT2D eigenvalue weighted by atomic mass is 32.2. The molecular weight excluding hydrogens is 311 g/mol. The van der Waals surface area contributed by atoms with Crippen LogP contribution < -0.4 is 0 Å². The third-order valence-electron chi connectivity index (χ3n) is 3.67. The van der Waals surface area contributed by atoms with Crippen LogP contribution in [0.25, 0.3) is 0 Å².